The maximum atomic E-state index is 12.9. The van der Waals surface area contributed by atoms with E-state index in [1.807, 2.05) is 18.7 Å². The second-order valence-electron chi connectivity index (χ2n) is 3.28. The summed E-state index contributed by atoms with van der Waals surface area (Å²) < 4.78 is 18.4. The van der Waals surface area contributed by atoms with Crippen LogP contribution in [0.25, 0.3) is 11.1 Å². The Kier molecular flexibility index (Phi) is 2.58. The molecule has 4 heteroatoms. The number of aromatic nitrogens is 1. The molecule has 2 aromatic rings. The van der Waals surface area contributed by atoms with Gasteiger partial charge in [0.25, 0.3) is 6.01 Å². The average Bonchev–Trinajstić information content (AvgIpc) is 2.62. The van der Waals surface area contributed by atoms with E-state index in [2.05, 4.69) is 4.98 Å². The zero-order valence-corrected chi connectivity index (χ0v) is 8.83. The lowest BCUT2D eigenvalue weighted by Crippen LogP contribution is -2.21. The Hall–Kier alpha value is -1.58. The van der Waals surface area contributed by atoms with Crippen molar-refractivity contribution < 1.29 is 8.81 Å². The molecule has 2 rings (SSSR count). The first-order valence-electron chi connectivity index (χ1n) is 5.05. The van der Waals surface area contributed by atoms with E-state index in [-0.39, 0.29) is 5.82 Å². The predicted octanol–water partition coefficient (Wildman–Crippen LogP) is 2.81. The molecule has 0 spiro atoms. The van der Waals surface area contributed by atoms with Crippen molar-refractivity contribution in [2.45, 2.75) is 13.8 Å². The second kappa shape index (κ2) is 3.88. The van der Waals surface area contributed by atoms with Gasteiger partial charge in [0.2, 0.25) is 0 Å². The fourth-order valence-electron chi connectivity index (χ4n) is 1.52. The number of fused-ring (bicyclic) bond motifs is 1. The average molecular weight is 208 g/mol. The van der Waals surface area contributed by atoms with Crippen LogP contribution in [-0.2, 0) is 0 Å². The molecule has 0 bridgehead atoms. The molecule has 0 fully saturated rings. The van der Waals surface area contributed by atoms with Crippen molar-refractivity contribution >= 4 is 17.1 Å². The molecule has 0 unspecified atom stereocenters. The van der Waals surface area contributed by atoms with Crippen LogP contribution in [0.4, 0.5) is 10.4 Å². The van der Waals surface area contributed by atoms with Crippen LogP contribution in [0.15, 0.2) is 22.6 Å². The number of rotatable bonds is 3. The van der Waals surface area contributed by atoms with Crippen LogP contribution in [0, 0.1) is 5.82 Å². The Labute approximate surface area is 87.5 Å². The lowest BCUT2D eigenvalue weighted by molar-refractivity contribution is 0.575. The molecule has 3 nitrogen and oxygen atoms in total. The molecule has 0 radical (unpaired) electrons. The van der Waals surface area contributed by atoms with E-state index in [1.54, 1.807) is 6.07 Å². The van der Waals surface area contributed by atoms with Crippen LogP contribution in [0.2, 0.25) is 0 Å². The molecule has 1 aromatic carbocycles. The first-order valence-corrected chi connectivity index (χ1v) is 5.05. The van der Waals surface area contributed by atoms with Gasteiger partial charge in [0.1, 0.15) is 11.3 Å². The Morgan fingerprint density at radius 2 is 2.07 bits per heavy atom. The van der Waals surface area contributed by atoms with Gasteiger partial charge in [-0.2, -0.15) is 4.98 Å². The summed E-state index contributed by atoms with van der Waals surface area (Å²) >= 11 is 0. The Morgan fingerprint density at radius 1 is 1.33 bits per heavy atom. The highest BCUT2D eigenvalue weighted by Crippen LogP contribution is 2.22. The summed E-state index contributed by atoms with van der Waals surface area (Å²) in [5, 5.41) is 0. The second-order valence-corrected chi connectivity index (χ2v) is 3.28. The molecule has 0 aliphatic carbocycles. The van der Waals surface area contributed by atoms with Crippen molar-refractivity contribution in [1.82, 2.24) is 4.98 Å². The Bertz CT molecular complexity index is 463. The van der Waals surface area contributed by atoms with Gasteiger partial charge in [-0.15, -0.1) is 0 Å². The number of hydrogen-bond acceptors (Lipinski definition) is 3. The third kappa shape index (κ3) is 1.79. The topological polar surface area (TPSA) is 29.3 Å². The van der Waals surface area contributed by atoms with E-state index in [0.29, 0.717) is 17.1 Å². The number of benzene rings is 1. The molecular weight excluding hydrogens is 195 g/mol. The molecule has 0 atom stereocenters. The smallest absolute Gasteiger partial charge is 0.298 e. The monoisotopic (exact) mass is 208 g/mol. The van der Waals surface area contributed by atoms with Gasteiger partial charge in [-0.05, 0) is 26.0 Å². The lowest BCUT2D eigenvalue weighted by atomic mass is 10.3. The van der Waals surface area contributed by atoms with E-state index in [9.17, 15) is 4.39 Å². The zero-order valence-electron chi connectivity index (χ0n) is 8.83. The fourth-order valence-corrected chi connectivity index (χ4v) is 1.52. The molecule has 0 saturated carbocycles. The minimum absolute atomic E-state index is 0.290. The van der Waals surface area contributed by atoms with Crippen molar-refractivity contribution in [3.05, 3.63) is 24.0 Å². The predicted molar refractivity (Wildman–Crippen MR) is 57.5 cm³/mol. The highest BCUT2D eigenvalue weighted by Gasteiger charge is 2.10. The standard InChI is InChI=1S/C11H13FN2O/c1-3-14(4-2)11-13-9-7-8(12)5-6-10(9)15-11/h5-7H,3-4H2,1-2H3. The van der Waals surface area contributed by atoms with Crippen LogP contribution in [0.3, 0.4) is 0 Å². The van der Waals surface area contributed by atoms with Crippen molar-refractivity contribution in [2.24, 2.45) is 0 Å². The van der Waals surface area contributed by atoms with Gasteiger partial charge >= 0.3 is 0 Å². The van der Waals surface area contributed by atoms with Crippen molar-refractivity contribution in [1.29, 1.82) is 0 Å². The zero-order chi connectivity index (χ0) is 10.8. The maximum absolute atomic E-state index is 12.9. The van der Waals surface area contributed by atoms with E-state index >= 15 is 0 Å². The van der Waals surface area contributed by atoms with Gasteiger partial charge in [-0.25, -0.2) is 4.39 Å². The first kappa shape index (κ1) is 9.96. The van der Waals surface area contributed by atoms with Gasteiger partial charge in [-0.3, -0.25) is 0 Å². The highest BCUT2D eigenvalue weighted by atomic mass is 19.1. The van der Waals surface area contributed by atoms with Crippen LogP contribution in [0.1, 0.15) is 13.8 Å². The van der Waals surface area contributed by atoms with Crippen molar-refractivity contribution in [2.75, 3.05) is 18.0 Å². The number of anilines is 1. The van der Waals surface area contributed by atoms with Crippen molar-refractivity contribution in [3.63, 3.8) is 0 Å². The maximum Gasteiger partial charge on any atom is 0.298 e. The Balaban J connectivity index is 2.46. The Morgan fingerprint density at radius 3 is 2.73 bits per heavy atom. The number of nitrogens with zero attached hydrogens (tertiary/aromatic N) is 2. The van der Waals surface area contributed by atoms with Gasteiger partial charge in [0.05, 0.1) is 0 Å². The minimum atomic E-state index is -0.290. The molecular formula is C11H13FN2O. The molecule has 0 aliphatic heterocycles. The van der Waals surface area contributed by atoms with E-state index in [0.717, 1.165) is 13.1 Å². The molecule has 15 heavy (non-hydrogen) atoms. The molecule has 0 N–H and O–H groups in total. The summed E-state index contributed by atoms with van der Waals surface area (Å²) in [7, 11) is 0. The molecule has 1 heterocycles. The summed E-state index contributed by atoms with van der Waals surface area (Å²) in [4.78, 5) is 6.22. The summed E-state index contributed by atoms with van der Waals surface area (Å²) in [6.45, 7) is 5.70. The molecule has 0 aliphatic rings. The van der Waals surface area contributed by atoms with Gasteiger partial charge in [0, 0.05) is 19.2 Å². The lowest BCUT2D eigenvalue weighted by Gasteiger charge is -2.14. The summed E-state index contributed by atoms with van der Waals surface area (Å²) in [5.41, 5.74) is 1.19. The van der Waals surface area contributed by atoms with Crippen LogP contribution < -0.4 is 4.90 Å². The van der Waals surface area contributed by atoms with E-state index in [4.69, 9.17) is 4.42 Å². The van der Waals surface area contributed by atoms with E-state index < -0.39 is 0 Å². The molecule has 0 amide bonds. The molecule has 0 saturated heterocycles. The third-order valence-corrected chi connectivity index (χ3v) is 2.37. The highest BCUT2D eigenvalue weighted by molar-refractivity contribution is 5.74. The van der Waals surface area contributed by atoms with Gasteiger partial charge < -0.3 is 9.32 Å². The van der Waals surface area contributed by atoms with Crippen LogP contribution in [0.5, 0.6) is 0 Å². The molecule has 1 aromatic heterocycles. The van der Waals surface area contributed by atoms with Crippen LogP contribution >= 0.6 is 0 Å². The minimum Gasteiger partial charge on any atom is -0.423 e. The third-order valence-electron chi connectivity index (χ3n) is 2.37. The van der Waals surface area contributed by atoms with Crippen LogP contribution in [-0.4, -0.2) is 18.1 Å². The SMILES string of the molecule is CCN(CC)c1nc2cc(F)ccc2o1. The van der Waals surface area contributed by atoms with Crippen molar-refractivity contribution in [3.8, 4) is 0 Å². The number of hydrogen-bond donors (Lipinski definition) is 0. The largest absolute Gasteiger partial charge is 0.423 e. The quantitative estimate of drug-likeness (QED) is 0.776. The van der Waals surface area contributed by atoms with Gasteiger partial charge in [0.15, 0.2) is 5.58 Å². The summed E-state index contributed by atoms with van der Waals surface area (Å²) in [6.07, 6.45) is 0. The van der Waals surface area contributed by atoms with Gasteiger partial charge in [-0.1, -0.05) is 0 Å². The first-order chi connectivity index (χ1) is 7.24. The fraction of sp³-hybridized carbons (Fsp3) is 0.364. The number of oxazole rings is 1. The normalized spacial score (nSPS) is 10.9. The number of halogens is 1. The molecule has 80 valence electrons. The summed E-state index contributed by atoms with van der Waals surface area (Å²) in [5.74, 6) is -0.290. The summed E-state index contributed by atoms with van der Waals surface area (Å²) in [6, 6.07) is 4.91. The van der Waals surface area contributed by atoms with E-state index in [1.165, 1.54) is 12.1 Å².